The van der Waals surface area contributed by atoms with Crippen molar-refractivity contribution in [3.8, 4) is 17.2 Å². The Labute approximate surface area is 147 Å². The van der Waals surface area contributed by atoms with E-state index in [9.17, 15) is 9.90 Å². The summed E-state index contributed by atoms with van der Waals surface area (Å²) in [6, 6.07) is 10.7. The quantitative estimate of drug-likeness (QED) is 0.660. The van der Waals surface area contributed by atoms with E-state index < -0.39 is 5.60 Å². The number of ketones is 1. The smallest absolute Gasteiger partial charge is 0.189 e. The number of hydrogen-bond acceptors (Lipinski definition) is 4. The maximum Gasteiger partial charge on any atom is 0.189 e. The number of hydrogen-bond donors (Lipinski definition) is 1. The van der Waals surface area contributed by atoms with E-state index in [4.69, 9.17) is 9.47 Å². The van der Waals surface area contributed by atoms with Crippen molar-refractivity contribution in [3.63, 3.8) is 0 Å². The van der Waals surface area contributed by atoms with Gasteiger partial charge in [0.2, 0.25) is 0 Å². The van der Waals surface area contributed by atoms with Gasteiger partial charge in [0.25, 0.3) is 0 Å². The Balaban J connectivity index is 1.87. The standard InChI is InChI=1S/C21H20O4/c1-21(2)12-11-17-19(25-21)10-8-16(20(17)23)18(22)9-7-14-5-4-6-15(13-14)24-3/h4-13,23H,1-3H3/b9-7+. The van der Waals surface area contributed by atoms with Crippen LogP contribution >= 0.6 is 0 Å². The van der Waals surface area contributed by atoms with Gasteiger partial charge in [0.1, 0.15) is 22.8 Å². The number of fused-ring (bicyclic) bond motifs is 1. The number of aromatic hydroxyl groups is 1. The van der Waals surface area contributed by atoms with Crippen molar-refractivity contribution in [3.05, 3.63) is 65.2 Å². The Kier molecular flexibility index (Phi) is 4.36. The second-order valence-electron chi connectivity index (χ2n) is 6.39. The van der Waals surface area contributed by atoms with Crippen LogP contribution in [0.5, 0.6) is 17.2 Å². The molecule has 1 aliphatic heterocycles. The summed E-state index contributed by atoms with van der Waals surface area (Å²) < 4.78 is 11.0. The molecular weight excluding hydrogens is 316 g/mol. The molecule has 0 fully saturated rings. The van der Waals surface area contributed by atoms with Crippen LogP contribution in [-0.4, -0.2) is 23.6 Å². The van der Waals surface area contributed by atoms with Crippen molar-refractivity contribution in [2.24, 2.45) is 0 Å². The van der Waals surface area contributed by atoms with Crippen LogP contribution in [0, 0.1) is 0 Å². The van der Waals surface area contributed by atoms with Crippen molar-refractivity contribution >= 4 is 17.9 Å². The van der Waals surface area contributed by atoms with Gasteiger partial charge in [-0.2, -0.15) is 0 Å². The van der Waals surface area contributed by atoms with E-state index >= 15 is 0 Å². The Morgan fingerprint density at radius 3 is 2.80 bits per heavy atom. The monoisotopic (exact) mass is 336 g/mol. The van der Waals surface area contributed by atoms with Crippen LogP contribution in [0.2, 0.25) is 0 Å². The van der Waals surface area contributed by atoms with Crippen molar-refractivity contribution in [2.45, 2.75) is 19.4 Å². The number of carbonyl (C=O) groups excluding carboxylic acids is 1. The molecule has 0 saturated carbocycles. The first-order chi connectivity index (χ1) is 11.9. The highest BCUT2D eigenvalue weighted by Crippen LogP contribution is 2.38. The third-order valence-corrected chi connectivity index (χ3v) is 3.99. The molecule has 3 rings (SSSR count). The van der Waals surface area contributed by atoms with Gasteiger partial charge in [-0.3, -0.25) is 4.79 Å². The Hall–Kier alpha value is -3.01. The number of benzene rings is 2. The highest BCUT2D eigenvalue weighted by atomic mass is 16.5. The molecule has 4 heteroatoms. The average Bonchev–Trinajstić information content (AvgIpc) is 2.59. The van der Waals surface area contributed by atoms with Crippen LogP contribution in [0.15, 0.2) is 48.6 Å². The van der Waals surface area contributed by atoms with E-state index in [1.165, 1.54) is 6.08 Å². The summed E-state index contributed by atoms with van der Waals surface area (Å²) in [7, 11) is 1.59. The fourth-order valence-corrected chi connectivity index (χ4v) is 2.65. The normalized spacial score (nSPS) is 14.8. The predicted octanol–water partition coefficient (Wildman–Crippen LogP) is 4.48. The number of methoxy groups -OCH3 is 1. The van der Waals surface area contributed by atoms with E-state index in [0.717, 1.165) is 11.3 Å². The van der Waals surface area contributed by atoms with Gasteiger partial charge in [0.05, 0.1) is 18.2 Å². The molecule has 1 heterocycles. The lowest BCUT2D eigenvalue weighted by Gasteiger charge is -2.28. The third kappa shape index (κ3) is 3.58. The molecule has 2 aromatic carbocycles. The number of phenolic OH excluding ortho intramolecular Hbond substituents is 1. The Morgan fingerprint density at radius 1 is 1.24 bits per heavy atom. The zero-order valence-electron chi connectivity index (χ0n) is 14.4. The lowest BCUT2D eigenvalue weighted by molar-refractivity contribution is 0.104. The van der Waals surface area contributed by atoms with Crippen molar-refractivity contribution in [2.75, 3.05) is 7.11 Å². The molecule has 0 radical (unpaired) electrons. The van der Waals surface area contributed by atoms with Gasteiger partial charge in [-0.15, -0.1) is 0 Å². The van der Waals surface area contributed by atoms with Crippen molar-refractivity contribution in [1.29, 1.82) is 0 Å². The lowest BCUT2D eigenvalue weighted by atomic mass is 9.98. The summed E-state index contributed by atoms with van der Waals surface area (Å²) in [6.07, 6.45) is 6.78. The molecule has 0 unspecified atom stereocenters. The van der Waals surface area contributed by atoms with Crippen LogP contribution in [0.25, 0.3) is 12.2 Å². The second-order valence-corrected chi connectivity index (χ2v) is 6.39. The molecule has 2 aromatic rings. The minimum Gasteiger partial charge on any atom is -0.506 e. The summed E-state index contributed by atoms with van der Waals surface area (Å²) in [5, 5.41) is 10.4. The van der Waals surface area contributed by atoms with Gasteiger partial charge in [0, 0.05) is 0 Å². The zero-order valence-corrected chi connectivity index (χ0v) is 14.4. The van der Waals surface area contributed by atoms with E-state index in [-0.39, 0.29) is 17.1 Å². The molecule has 1 N–H and O–H groups in total. The molecule has 0 atom stereocenters. The van der Waals surface area contributed by atoms with Crippen LogP contribution in [0.4, 0.5) is 0 Å². The van der Waals surface area contributed by atoms with E-state index in [1.807, 2.05) is 44.2 Å². The fourth-order valence-electron chi connectivity index (χ4n) is 2.65. The molecule has 0 spiro atoms. The molecule has 0 aromatic heterocycles. The summed E-state index contributed by atoms with van der Waals surface area (Å²) >= 11 is 0. The molecule has 25 heavy (non-hydrogen) atoms. The number of ether oxygens (including phenoxy) is 2. The van der Waals surface area contributed by atoms with Crippen LogP contribution in [-0.2, 0) is 0 Å². The fraction of sp³-hybridized carbons (Fsp3) is 0.190. The van der Waals surface area contributed by atoms with Gasteiger partial charge >= 0.3 is 0 Å². The summed E-state index contributed by atoms with van der Waals surface area (Å²) in [5.41, 5.74) is 1.18. The average molecular weight is 336 g/mol. The van der Waals surface area contributed by atoms with Gasteiger partial charge in [-0.25, -0.2) is 0 Å². The van der Waals surface area contributed by atoms with E-state index in [1.54, 1.807) is 31.4 Å². The third-order valence-electron chi connectivity index (χ3n) is 3.99. The van der Waals surface area contributed by atoms with Crippen LogP contribution in [0.1, 0.15) is 35.3 Å². The molecule has 128 valence electrons. The Bertz CT molecular complexity index is 875. The number of phenols is 1. The van der Waals surface area contributed by atoms with E-state index in [2.05, 4.69) is 0 Å². The van der Waals surface area contributed by atoms with Gasteiger partial charge in [0.15, 0.2) is 5.78 Å². The van der Waals surface area contributed by atoms with Crippen molar-refractivity contribution in [1.82, 2.24) is 0 Å². The zero-order chi connectivity index (χ0) is 18.0. The molecular formula is C21H20O4. The molecule has 0 bridgehead atoms. The first-order valence-corrected chi connectivity index (χ1v) is 8.00. The van der Waals surface area contributed by atoms with Crippen molar-refractivity contribution < 1.29 is 19.4 Å². The summed E-state index contributed by atoms with van der Waals surface area (Å²) in [5.74, 6) is 0.945. The number of carbonyl (C=O) groups is 1. The van der Waals surface area contributed by atoms with Gasteiger partial charge in [-0.1, -0.05) is 18.2 Å². The number of allylic oxidation sites excluding steroid dienone is 1. The second kappa shape index (κ2) is 6.48. The molecule has 4 nitrogen and oxygen atoms in total. The summed E-state index contributed by atoms with van der Waals surface area (Å²) in [4.78, 5) is 12.5. The summed E-state index contributed by atoms with van der Waals surface area (Å²) in [6.45, 7) is 3.86. The number of rotatable bonds is 4. The Morgan fingerprint density at radius 2 is 2.04 bits per heavy atom. The molecule has 0 amide bonds. The first kappa shape index (κ1) is 16.8. The lowest BCUT2D eigenvalue weighted by Crippen LogP contribution is -2.27. The molecule has 0 saturated heterocycles. The molecule has 1 aliphatic rings. The highest BCUT2D eigenvalue weighted by molar-refractivity contribution is 6.09. The maximum atomic E-state index is 12.5. The predicted molar refractivity (Wildman–Crippen MR) is 98.2 cm³/mol. The van der Waals surface area contributed by atoms with E-state index in [0.29, 0.717) is 11.3 Å². The minimum atomic E-state index is -0.433. The topological polar surface area (TPSA) is 55.8 Å². The highest BCUT2D eigenvalue weighted by Gasteiger charge is 2.25. The maximum absolute atomic E-state index is 12.5. The van der Waals surface area contributed by atoms with Gasteiger partial charge in [-0.05, 0) is 61.9 Å². The molecule has 0 aliphatic carbocycles. The minimum absolute atomic E-state index is 0.0652. The SMILES string of the molecule is COc1cccc(/C=C/C(=O)c2ccc3c(c2O)C=CC(C)(C)O3)c1. The van der Waals surface area contributed by atoms with Crippen LogP contribution < -0.4 is 9.47 Å². The first-order valence-electron chi connectivity index (χ1n) is 8.00. The van der Waals surface area contributed by atoms with Crippen LogP contribution in [0.3, 0.4) is 0 Å². The largest absolute Gasteiger partial charge is 0.506 e. The van der Waals surface area contributed by atoms with Gasteiger partial charge < -0.3 is 14.6 Å².